The first kappa shape index (κ1) is 19.9. The third kappa shape index (κ3) is 5.58. The summed E-state index contributed by atoms with van der Waals surface area (Å²) in [5.41, 5.74) is 2.26. The second-order valence-corrected chi connectivity index (χ2v) is 8.26. The van der Waals surface area contributed by atoms with Crippen LogP contribution in [0.5, 0.6) is 0 Å². The van der Waals surface area contributed by atoms with E-state index < -0.39 is 0 Å². The highest BCUT2D eigenvalue weighted by Crippen LogP contribution is 2.24. The van der Waals surface area contributed by atoms with Gasteiger partial charge in [0, 0.05) is 18.2 Å². The number of benzene rings is 1. The van der Waals surface area contributed by atoms with Crippen molar-refractivity contribution in [3.05, 3.63) is 29.8 Å². The maximum absolute atomic E-state index is 12.4. The molecule has 1 fully saturated rings. The summed E-state index contributed by atoms with van der Waals surface area (Å²) < 4.78 is 2.09. The molecular formula is C21H30N4OS. The molecule has 1 heterocycles. The normalized spacial score (nSPS) is 15.9. The molecule has 0 unspecified atom stereocenters. The summed E-state index contributed by atoms with van der Waals surface area (Å²) in [5, 5.41) is 12.7. The van der Waals surface area contributed by atoms with Gasteiger partial charge in [-0.15, -0.1) is 10.2 Å². The average molecular weight is 387 g/mol. The number of rotatable bonds is 6. The number of carbonyl (C=O) groups is 1. The van der Waals surface area contributed by atoms with E-state index in [1.165, 1.54) is 49.4 Å². The van der Waals surface area contributed by atoms with E-state index in [1.807, 2.05) is 6.07 Å². The highest BCUT2D eigenvalue weighted by molar-refractivity contribution is 7.99. The summed E-state index contributed by atoms with van der Waals surface area (Å²) in [7, 11) is 0. The van der Waals surface area contributed by atoms with Gasteiger partial charge < -0.3 is 9.88 Å². The summed E-state index contributed by atoms with van der Waals surface area (Å²) in [6, 6.07) is 8.62. The molecule has 0 spiro atoms. The largest absolute Gasteiger partial charge is 0.353 e. The monoisotopic (exact) mass is 386 g/mol. The zero-order valence-corrected chi connectivity index (χ0v) is 17.2. The standard InChI is InChI=1S/C21H30N4OS/c1-3-25-20(17-11-9-10-16(2)14-17)23-24-21(25)27-15-19(26)22-18-12-7-5-4-6-8-13-18/h9-11,14,18H,3-8,12-13,15H2,1-2H3,(H,22,26). The molecule has 146 valence electrons. The first-order valence-electron chi connectivity index (χ1n) is 10.1. The molecule has 1 aliphatic rings. The molecule has 3 rings (SSSR count). The topological polar surface area (TPSA) is 59.8 Å². The SMILES string of the molecule is CCn1c(SCC(=O)NC2CCCCCCC2)nnc1-c1cccc(C)c1. The van der Waals surface area contributed by atoms with E-state index in [-0.39, 0.29) is 5.91 Å². The number of hydrogen-bond acceptors (Lipinski definition) is 4. The molecule has 0 aliphatic heterocycles. The fourth-order valence-corrected chi connectivity index (χ4v) is 4.49. The van der Waals surface area contributed by atoms with E-state index >= 15 is 0 Å². The van der Waals surface area contributed by atoms with Gasteiger partial charge in [0.05, 0.1) is 5.75 Å². The van der Waals surface area contributed by atoms with Crippen molar-refractivity contribution in [3.8, 4) is 11.4 Å². The number of hydrogen-bond donors (Lipinski definition) is 1. The van der Waals surface area contributed by atoms with Gasteiger partial charge in [-0.3, -0.25) is 4.79 Å². The number of nitrogens with zero attached hydrogens (tertiary/aromatic N) is 3. The van der Waals surface area contributed by atoms with Crippen molar-refractivity contribution >= 4 is 17.7 Å². The van der Waals surface area contributed by atoms with Crippen LogP contribution in [0.3, 0.4) is 0 Å². The fourth-order valence-electron chi connectivity index (χ4n) is 3.68. The van der Waals surface area contributed by atoms with Gasteiger partial charge in [-0.05, 0) is 32.8 Å². The van der Waals surface area contributed by atoms with Crippen LogP contribution in [-0.4, -0.2) is 32.5 Å². The summed E-state index contributed by atoms with van der Waals surface area (Å²) in [6.45, 7) is 4.94. The second-order valence-electron chi connectivity index (χ2n) is 7.32. The van der Waals surface area contributed by atoms with Crippen LogP contribution in [0.2, 0.25) is 0 Å². The van der Waals surface area contributed by atoms with Gasteiger partial charge >= 0.3 is 0 Å². The van der Waals surface area contributed by atoms with E-state index in [0.29, 0.717) is 11.8 Å². The Kier molecular flexibility index (Phi) is 7.33. The zero-order valence-electron chi connectivity index (χ0n) is 16.4. The van der Waals surface area contributed by atoms with Crippen molar-refractivity contribution in [1.82, 2.24) is 20.1 Å². The molecular weight excluding hydrogens is 356 g/mol. The minimum absolute atomic E-state index is 0.105. The number of nitrogens with one attached hydrogen (secondary N) is 1. The lowest BCUT2D eigenvalue weighted by Gasteiger charge is -2.20. The lowest BCUT2D eigenvalue weighted by Crippen LogP contribution is -2.36. The molecule has 1 aromatic heterocycles. The number of aryl methyl sites for hydroxylation is 1. The van der Waals surface area contributed by atoms with Gasteiger partial charge in [0.2, 0.25) is 5.91 Å². The van der Waals surface area contributed by atoms with Crippen molar-refractivity contribution in [1.29, 1.82) is 0 Å². The molecule has 6 heteroatoms. The Balaban J connectivity index is 1.60. The van der Waals surface area contributed by atoms with E-state index in [2.05, 4.69) is 52.1 Å². The Morgan fingerprint density at radius 3 is 2.63 bits per heavy atom. The molecule has 1 aromatic carbocycles. The quantitative estimate of drug-likeness (QED) is 0.738. The van der Waals surface area contributed by atoms with E-state index in [4.69, 9.17) is 0 Å². The number of amides is 1. The lowest BCUT2D eigenvalue weighted by molar-refractivity contribution is -0.119. The summed E-state index contributed by atoms with van der Waals surface area (Å²) in [6.07, 6.45) is 8.60. The van der Waals surface area contributed by atoms with Crippen LogP contribution in [0.4, 0.5) is 0 Å². The van der Waals surface area contributed by atoms with Gasteiger partial charge in [0.15, 0.2) is 11.0 Å². The Hall–Kier alpha value is -1.82. The molecule has 2 aromatic rings. The number of thioether (sulfide) groups is 1. The third-order valence-corrected chi connectivity index (χ3v) is 6.08. The molecule has 27 heavy (non-hydrogen) atoms. The number of carbonyl (C=O) groups excluding carboxylic acids is 1. The Bertz CT molecular complexity index is 750. The Labute approximate surface area is 166 Å². The van der Waals surface area contributed by atoms with Crippen molar-refractivity contribution in [2.75, 3.05) is 5.75 Å². The first-order valence-corrected chi connectivity index (χ1v) is 11.1. The smallest absolute Gasteiger partial charge is 0.230 e. The van der Waals surface area contributed by atoms with Crippen LogP contribution < -0.4 is 5.32 Å². The van der Waals surface area contributed by atoms with Gasteiger partial charge in [0.25, 0.3) is 0 Å². The fraction of sp³-hybridized carbons (Fsp3) is 0.571. The minimum Gasteiger partial charge on any atom is -0.353 e. The van der Waals surface area contributed by atoms with Crippen LogP contribution in [0.15, 0.2) is 29.4 Å². The summed E-state index contributed by atoms with van der Waals surface area (Å²) in [4.78, 5) is 12.4. The summed E-state index contributed by atoms with van der Waals surface area (Å²) in [5.74, 6) is 1.36. The lowest BCUT2D eigenvalue weighted by atomic mass is 9.97. The van der Waals surface area contributed by atoms with E-state index in [0.717, 1.165) is 35.9 Å². The highest BCUT2D eigenvalue weighted by atomic mass is 32.2. The molecule has 0 atom stereocenters. The van der Waals surface area contributed by atoms with Gasteiger partial charge in [-0.2, -0.15) is 0 Å². The van der Waals surface area contributed by atoms with Crippen LogP contribution in [-0.2, 0) is 11.3 Å². The van der Waals surface area contributed by atoms with Crippen LogP contribution in [0, 0.1) is 6.92 Å². The summed E-state index contributed by atoms with van der Waals surface area (Å²) >= 11 is 1.47. The Morgan fingerprint density at radius 2 is 1.93 bits per heavy atom. The molecule has 0 radical (unpaired) electrons. The van der Waals surface area contributed by atoms with Gasteiger partial charge in [-0.1, -0.05) is 67.6 Å². The van der Waals surface area contributed by atoms with Gasteiger partial charge in [-0.25, -0.2) is 0 Å². The first-order chi connectivity index (χ1) is 13.2. The molecule has 1 saturated carbocycles. The predicted molar refractivity (Wildman–Crippen MR) is 111 cm³/mol. The molecule has 5 nitrogen and oxygen atoms in total. The average Bonchev–Trinajstić information content (AvgIpc) is 3.05. The van der Waals surface area contributed by atoms with Crippen molar-refractivity contribution in [2.45, 2.75) is 76.5 Å². The minimum atomic E-state index is 0.105. The van der Waals surface area contributed by atoms with Gasteiger partial charge in [0.1, 0.15) is 0 Å². The maximum atomic E-state index is 12.4. The molecule has 0 bridgehead atoms. The van der Waals surface area contributed by atoms with Crippen LogP contribution >= 0.6 is 11.8 Å². The maximum Gasteiger partial charge on any atom is 0.230 e. The molecule has 1 N–H and O–H groups in total. The van der Waals surface area contributed by atoms with Crippen LogP contribution in [0.25, 0.3) is 11.4 Å². The molecule has 0 saturated heterocycles. The van der Waals surface area contributed by atoms with Crippen molar-refractivity contribution in [2.24, 2.45) is 0 Å². The molecule has 1 aliphatic carbocycles. The predicted octanol–water partition coefficient (Wildman–Crippen LogP) is 4.59. The zero-order chi connectivity index (χ0) is 19.1. The number of aromatic nitrogens is 3. The van der Waals surface area contributed by atoms with Crippen molar-refractivity contribution < 1.29 is 4.79 Å². The third-order valence-electron chi connectivity index (χ3n) is 5.11. The molecule has 1 amide bonds. The second kappa shape index (κ2) is 9.93. The van der Waals surface area contributed by atoms with E-state index in [9.17, 15) is 4.79 Å². The Morgan fingerprint density at radius 1 is 1.19 bits per heavy atom. The van der Waals surface area contributed by atoms with E-state index in [1.54, 1.807) is 0 Å². The van der Waals surface area contributed by atoms with Crippen molar-refractivity contribution in [3.63, 3.8) is 0 Å². The highest BCUT2D eigenvalue weighted by Gasteiger charge is 2.17. The van der Waals surface area contributed by atoms with Crippen LogP contribution in [0.1, 0.15) is 57.4 Å².